The van der Waals surface area contributed by atoms with Crippen molar-refractivity contribution in [2.45, 2.75) is 33.1 Å². The number of unbranched alkanes of at least 4 members (excludes halogenated alkanes) is 1. The Kier molecular flexibility index (Phi) is 6.49. The topological polar surface area (TPSA) is 49.9 Å². The summed E-state index contributed by atoms with van der Waals surface area (Å²) in [7, 11) is 1.55. The second-order valence-electron chi connectivity index (χ2n) is 6.08. The van der Waals surface area contributed by atoms with Gasteiger partial charge in [0.1, 0.15) is 5.75 Å². The minimum absolute atomic E-state index is 0.102. The lowest BCUT2D eigenvalue weighted by Gasteiger charge is -2.35. The van der Waals surface area contributed by atoms with Gasteiger partial charge in [0.2, 0.25) is 5.91 Å². The second kappa shape index (κ2) is 8.38. The fourth-order valence-electron chi connectivity index (χ4n) is 2.81. The molecule has 0 N–H and O–H groups in total. The highest BCUT2D eigenvalue weighted by Gasteiger charge is 2.26. The molecule has 0 bridgehead atoms. The first-order chi connectivity index (χ1) is 11.5. The minimum atomic E-state index is -0.102. The Labute approximate surface area is 148 Å². The third-order valence-electron chi connectivity index (χ3n) is 4.37. The van der Waals surface area contributed by atoms with Crippen LogP contribution in [0.15, 0.2) is 12.1 Å². The summed E-state index contributed by atoms with van der Waals surface area (Å²) >= 11 is 6.16. The third-order valence-corrected chi connectivity index (χ3v) is 4.78. The van der Waals surface area contributed by atoms with Gasteiger partial charge in [0.25, 0.3) is 5.91 Å². The number of benzene rings is 1. The molecule has 1 aliphatic heterocycles. The molecular weight excluding hydrogens is 328 g/mol. The number of ether oxygens (including phenoxy) is 1. The quantitative estimate of drug-likeness (QED) is 0.818. The molecule has 0 atom stereocenters. The van der Waals surface area contributed by atoms with Crippen LogP contribution in [0.5, 0.6) is 5.75 Å². The average Bonchev–Trinajstić information content (AvgIpc) is 2.61. The molecule has 0 spiro atoms. The van der Waals surface area contributed by atoms with E-state index in [1.54, 1.807) is 24.1 Å². The van der Waals surface area contributed by atoms with Crippen molar-refractivity contribution in [1.29, 1.82) is 0 Å². The molecule has 0 aromatic heterocycles. The van der Waals surface area contributed by atoms with Gasteiger partial charge < -0.3 is 14.5 Å². The molecule has 1 aliphatic rings. The van der Waals surface area contributed by atoms with Gasteiger partial charge in [-0.1, -0.05) is 24.9 Å². The maximum absolute atomic E-state index is 12.8. The number of carbonyl (C=O) groups excluding carboxylic acids is 2. The molecule has 0 saturated carbocycles. The van der Waals surface area contributed by atoms with E-state index in [0.29, 0.717) is 48.9 Å². The van der Waals surface area contributed by atoms with Crippen molar-refractivity contribution < 1.29 is 14.3 Å². The van der Waals surface area contributed by atoms with Gasteiger partial charge in [-0.05, 0) is 31.0 Å². The third kappa shape index (κ3) is 4.20. The average molecular weight is 353 g/mol. The molecule has 1 heterocycles. The van der Waals surface area contributed by atoms with Gasteiger partial charge in [-0.15, -0.1) is 0 Å². The van der Waals surface area contributed by atoms with Crippen LogP contribution in [0.3, 0.4) is 0 Å². The predicted octanol–water partition coefficient (Wildman–Crippen LogP) is 3.13. The number of methoxy groups -OCH3 is 1. The van der Waals surface area contributed by atoms with Crippen molar-refractivity contribution in [3.05, 3.63) is 28.3 Å². The Morgan fingerprint density at radius 1 is 1.17 bits per heavy atom. The Morgan fingerprint density at radius 3 is 2.38 bits per heavy atom. The van der Waals surface area contributed by atoms with E-state index in [1.165, 1.54) is 0 Å². The van der Waals surface area contributed by atoms with E-state index in [1.807, 2.05) is 11.8 Å². The van der Waals surface area contributed by atoms with Crippen LogP contribution in [0.4, 0.5) is 0 Å². The molecule has 2 rings (SSSR count). The van der Waals surface area contributed by atoms with Crippen LogP contribution in [0.1, 0.15) is 42.1 Å². The number of piperazine rings is 1. The zero-order valence-corrected chi connectivity index (χ0v) is 15.4. The Hall–Kier alpha value is -1.75. The highest BCUT2D eigenvalue weighted by Crippen LogP contribution is 2.28. The molecule has 0 radical (unpaired) electrons. The van der Waals surface area contributed by atoms with Gasteiger partial charge in [0.05, 0.1) is 12.7 Å². The summed E-state index contributed by atoms with van der Waals surface area (Å²) in [5, 5.41) is 0.549. The first-order valence-electron chi connectivity index (χ1n) is 8.39. The van der Waals surface area contributed by atoms with E-state index in [4.69, 9.17) is 16.3 Å². The van der Waals surface area contributed by atoms with Crippen LogP contribution in [0.25, 0.3) is 0 Å². The van der Waals surface area contributed by atoms with Gasteiger partial charge in [-0.25, -0.2) is 0 Å². The van der Waals surface area contributed by atoms with E-state index >= 15 is 0 Å². The minimum Gasteiger partial charge on any atom is -0.496 e. The van der Waals surface area contributed by atoms with Crippen LogP contribution in [0.2, 0.25) is 5.02 Å². The number of hydrogen-bond acceptors (Lipinski definition) is 3. The standard InChI is InChI=1S/C18H25ClN2O3/c1-4-5-6-17(22)20-7-9-21(10-8-20)18(23)14-12-15(19)13(2)11-16(14)24-3/h11-12H,4-10H2,1-3H3. The van der Waals surface area contributed by atoms with Crippen molar-refractivity contribution in [3.63, 3.8) is 0 Å². The number of aryl methyl sites for hydroxylation is 1. The number of nitrogens with zero attached hydrogens (tertiary/aromatic N) is 2. The van der Waals surface area contributed by atoms with Crippen LogP contribution in [-0.2, 0) is 4.79 Å². The number of amides is 2. The molecule has 1 aromatic rings. The number of rotatable bonds is 5. The summed E-state index contributed by atoms with van der Waals surface area (Å²) < 4.78 is 5.33. The van der Waals surface area contributed by atoms with Crippen molar-refractivity contribution in [2.75, 3.05) is 33.3 Å². The maximum atomic E-state index is 12.8. The monoisotopic (exact) mass is 352 g/mol. The molecule has 0 aliphatic carbocycles. The molecule has 24 heavy (non-hydrogen) atoms. The first-order valence-corrected chi connectivity index (χ1v) is 8.77. The fourth-order valence-corrected chi connectivity index (χ4v) is 2.97. The summed E-state index contributed by atoms with van der Waals surface area (Å²) in [5.41, 5.74) is 1.34. The molecule has 132 valence electrons. The van der Waals surface area contributed by atoms with E-state index in [9.17, 15) is 9.59 Å². The SMILES string of the molecule is CCCCC(=O)N1CCN(C(=O)c2cc(Cl)c(C)cc2OC)CC1. The Balaban J connectivity index is 2.03. The van der Waals surface area contributed by atoms with E-state index in [-0.39, 0.29) is 11.8 Å². The van der Waals surface area contributed by atoms with Gasteiger partial charge in [-0.2, -0.15) is 0 Å². The number of hydrogen-bond donors (Lipinski definition) is 0. The Morgan fingerprint density at radius 2 is 1.79 bits per heavy atom. The van der Waals surface area contributed by atoms with Crippen LogP contribution < -0.4 is 4.74 Å². The summed E-state index contributed by atoms with van der Waals surface area (Å²) in [4.78, 5) is 28.4. The van der Waals surface area contributed by atoms with Crippen molar-refractivity contribution in [1.82, 2.24) is 9.80 Å². The maximum Gasteiger partial charge on any atom is 0.257 e. The van der Waals surface area contributed by atoms with Gasteiger partial charge in [0.15, 0.2) is 0 Å². The van der Waals surface area contributed by atoms with Crippen LogP contribution >= 0.6 is 11.6 Å². The summed E-state index contributed by atoms with van der Waals surface area (Å²) in [6, 6.07) is 3.44. The smallest absolute Gasteiger partial charge is 0.257 e. The predicted molar refractivity (Wildman–Crippen MR) is 94.7 cm³/mol. The highest BCUT2D eigenvalue weighted by atomic mass is 35.5. The van der Waals surface area contributed by atoms with Gasteiger partial charge in [0, 0.05) is 37.6 Å². The molecule has 6 heteroatoms. The number of carbonyl (C=O) groups is 2. The molecular formula is C18H25ClN2O3. The van der Waals surface area contributed by atoms with E-state index in [0.717, 1.165) is 18.4 Å². The highest BCUT2D eigenvalue weighted by molar-refractivity contribution is 6.31. The zero-order chi connectivity index (χ0) is 17.7. The molecule has 0 unspecified atom stereocenters. The van der Waals surface area contributed by atoms with Crippen molar-refractivity contribution >= 4 is 23.4 Å². The molecule has 1 fully saturated rings. The summed E-state index contributed by atoms with van der Waals surface area (Å²) in [6.45, 7) is 6.17. The Bertz CT molecular complexity index is 611. The lowest BCUT2D eigenvalue weighted by Crippen LogP contribution is -2.50. The van der Waals surface area contributed by atoms with Crippen molar-refractivity contribution in [3.8, 4) is 5.75 Å². The van der Waals surface area contributed by atoms with E-state index < -0.39 is 0 Å². The molecule has 2 amide bonds. The van der Waals surface area contributed by atoms with Gasteiger partial charge in [-0.3, -0.25) is 9.59 Å². The molecule has 1 aromatic carbocycles. The summed E-state index contributed by atoms with van der Waals surface area (Å²) in [6.07, 6.45) is 2.51. The zero-order valence-electron chi connectivity index (χ0n) is 14.6. The fraction of sp³-hybridized carbons (Fsp3) is 0.556. The van der Waals surface area contributed by atoms with Crippen molar-refractivity contribution in [2.24, 2.45) is 0 Å². The van der Waals surface area contributed by atoms with E-state index in [2.05, 4.69) is 6.92 Å². The van der Waals surface area contributed by atoms with Gasteiger partial charge >= 0.3 is 0 Å². The second-order valence-corrected chi connectivity index (χ2v) is 6.49. The molecule has 5 nitrogen and oxygen atoms in total. The van der Waals surface area contributed by atoms with Crippen LogP contribution in [-0.4, -0.2) is 54.9 Å². The molecule has 1 saturated heterocycles. The number of halogens is 1. The summed E-state index contributed by atoms with van der Waals surface area (Å²) in [5.74, 6) is 0.609. The largest absolute Gasteiger partial charge is 0.496 e. The normalized spacial score (nSPS) is 14.7. The first kappa shape index (κ1) is 18.6. The van der Waals surface area contributed by atoms with Crippen LogP contribution in [0, 0.1) is 6.92 Å². The lowest BCUT2D eigenvalue weighted by atomic mass is 10.1. The lowest BCUT2D eigenvalue weighted by molar-refractivity contribution is -0.132.